The molecule has 1 atom stereocenters. The zero-order valence-corrected chi connectivity index (χ0v) is 6.79. The van der Waals surface area contributed by atoms with Crippen molar-refractivity contribution in [3.05, 3.63) is 0 Å². The number of rotatable bonds is 3. The summed E-state index contributed by atoms with van der Waals surface area (Å²) in [5.74, 6) is 0.0132. The fourth-order valence-electron chi connectivity index (χ4n) is 1.54. The van der Waals surface area contributed by atoms with E-state index in [4.69, 9.17) is 11.5 Å². The number of carbonyl (C=O) groups excluding carboxylic acids is 1. The summed E-state index contributed by atoms with van der Waals surface area (Å²) in [6.45, 7) is 2.28. The lowest BCUT2D eigenvalue weighted by atomic mass is 9.86. The molecular formula is C7H15N3O. The molecule has 1 unspecified atom stereocenters. The fraction of sp³-hybridized carbons (Fsp3) is 0.857. The largest absolute Gasteiger partial charge is 0.369 e. The summed E-state index contributed by atoms with van der Waals surface area (Å²) in [7, 11) is 2.02. The van der Waals surface area contributed by atoms with E-state index in [9.17, 15) is 4.79 Å². The molecule has 1 amide bonds. The number of hydrogen-bond acceptors (Lipinski definition) is 3. The highest BCUT2D eigenvalue weighted by Gasteiger charge is 2.33. The second-order valence-electron chi connectivity index (χ2n) is 3.23. The summed E-state index contributed by atoms with van der Waals surface area (Å²) in [6, 6.07) is 0. The number of amides is 1. The van der Waals surface area contributed by atoms with Crippen LogP contribution in [0.2, 0.25) is 0 Å². The Morgan fingerprint density at radius 3 is 2.55 bits per heavy atom. The molecule has 1 saturated heterocycles. The smallest absolute Gasteiger partial charge is 0.222 e. The molecule has 1 fully saturated rings. The van der Waals surface area contributed by atoms with Gasteiger partial charge in [0.2, 0.25) is 5.91 Å². The van der Waals surface area contributed by atoms with Crippen LogP contribution in [0, 0.1) is 11.8 Å². The molecule has 0 aliphatic carbocycles. The molecule has 0 aromatic rings. The predicted molar refractivity (Wildman–Crippen MR) is 42.7 cm³/mol. The lowest BCUT2D eigenvalue weighted by Gasteiger charge is -2.39. The Hall–Kier alpha value is -0.610. The molecule has 0 radical (unpaired) electrons. The van der Waals surface area contributed by atoms with Crippen LogP contribution in [-0.4, -0.2) is 37.5 Å². The van der Waals surface area contributed by atoms with Crippen molar-refractivity contribution in [1.82, 2.24) is 4.90 Å². The molecule has 0 bridgehead atoms. The number of primary amides is 1. The third-order valence-corrected chi connectivity index (χ3v) is 2.28. The maximum absolute atomic E-state index is 10.8. The monoisotopic (exact) mass is 157 g/mol. The summed E-state index contributed by atoms with van der Waals surface area (Å²) in [5, 5.41) is 0. The van der Waals surface area contributed by atoms with Crippen LogP contribution in [-0.2, 0) is 4.79 Å². The van der Waals surface area contributed by atoms with Crippen molar-refractivity contribution in [2.45, 2.75) is 0 Å². The van der Waals surface area contributed by atoms with E-state index in [0.29, 0.717) is 12.5 Å². The van der Waals surface area contributed by atoms with Crippen LogP contribution in [0.5, 0.6) is 0 Å². The van der Waals surface area contributed by atoms with Gasteiger partial charge < -0.3 is 16.4 Å². The highest BCUT2D eigenvalue weighted by molar-refractivity contribution is 5.77. The van der Waals surface area contributed by atoms with Crippen LogP contribution < -0.4 is 11.5 Å². The molecular weight excluding hydrogens is 142 g/mol. The minimum absolute atomic E-state index is 0.119. The normalized spacial score (nSPS) is 22.7. The van der Waals surface area contributed by atoms with Crippen LogP contribution >= 0.6 is 0 Å². The number of nitrogens with zero attached hydrogens (tertiary/aromatic N) is 1. The first kappa shape index (κ1) is 8.49. The molecule has 4 nitrogen and oxygen atoms in total. The molecule has 1 rings (SSSR count). The van der Waals surface area contributed by atoms with Crippen LogP contribution in [0.15, 0.2) is 0 Å². The Balaban J connectivity index is 2.38. The summed E-state index contributed by atoms with van der Waals surface area (Å²) in [4.78, 5) is 12.9. The first-order valence-corrected chi connectivity index (χ1v) is 3.83. The van der Waals surface area contributed by atoms with E-state index in [1.54, 1.807) is 0 Å². The molecule has 0 aromatic heterocycles. The van der Waals surface area contributed by atoms with Crippen molar-refractivity contribution in [3.8, 4) is 0 Å². The first-order chi connectivity index (χ1) is 5.15. The van der Waals surface area contributed by atoms with Crippen LogP contribution in [0.25, 0.3) is 0 Å². The number of nitrogens with two attached hydrogens (primary N) is 2. The van der Waals surface area contributed by atoms with Gasteiger partial charge >= 0.3 is 0 Å². The van der Waals surface area contributed by atoms with E-state index in [1.165, 1.54) is 0 Å². The maximum Gasteiger partial charge on any atom is 0.222 e. The lowest BCUT2D eigenvalue weighted by molar-refractivity contribution is -0.125. The predicted octanol–water partition coefficient (Wildman–Crippen LogP) is -1.39. The van der Waals surface area contributed by atoms with Gasteiger partial charge in [0, 0.05) is 19.6 Å². The first-order valence-electron chi connectivity index (χ1n) is 3.83. The Morgan fingerprint density at radius 1 is 1.73 bits per heavy atom. The number of likely N-dealkylation sites (tertiary alicyclic amines) is 1. The van der Waals surface area contributed by atoms with Gasteiger partial charge in [0.15, 0.2) is 0 Å². The average molecular weight is 157 g/mol. The fourth-order valence-corrected chi connectivity index (χ4v) is 1.54. The molecule has 1 aliphatic rings. The molecule has 4 heteroatoms. The van der Waals surface area contributed by atoms with Crippen LogP contribution in [0.4, 0.5) is 0 Å². The van der Waals surface area contributed by atoms with Gasteiger partial charge in [-0.2, -0.15) is 0 Å². The van der Waals surface area contributed by atoms with Crippen molar-refractivity contribution in [2.75, 3.05) is 26.7 Å². The Morgan fingerprint density at radius 2 is 2.27 bits per heavy atom. The Kier molecular flexibility index (Phi) is 2.46. The van der Waals surface area contributed by atoms with Crippen molar-refractivity contribution in [1.29, 1.82) is 0 Å². The molecule has 11 heavy (non-hydrogen) atoms. The number of hydrogen-bond donors (Lipinski definition) is 2. The average Bonchev–Trinajstić information content (AvgIpc) is 1.85. The van der Waals surface area contributed by atoms with Gasteiger partial charge in [0.1, 0.15) is 0 Å². The highest BCUT2D eigenvalue weighted by Crippen LogP contribution is 2.21. The second kappa shape index (κ2) is 3.19. The molecule has 1 aliphatic heterocycles. The SMILES string of the molecule is CN1CC(C(CN)C(N)=O)C1. The molecule has 64 valence electrons. The third kappa shape index (κ3) is 1.70. The molecule has 0 saturated carbocycles. The highest BCUT2D eigenvalue weighted by atomic mass is 16.1. The zero-order valence-electron chi connectivity index (χ0n) is 6.79. The van der Waals surface area contributed by atoms with E-state index >= 15 is 0 Å². The van der Waals surface area contributed by atoms with Crippen molar-refractivity contribution >= 4 is 5.91 Å². The summed E-state index contributed by atoms with van der Waals surface area (Å²) in [6.07, 6.45) is 0. The van der Waals surface area contributed by atoms with Gasteiger partial charge in [-0.15, -0.1) is 0 Å². The number of carbonyl (C=O) groups is 1. The van der Waals surface area contributed by atoms with Crippen molar-refractivity contribution < 1.29 is 4.79 Å². The van der Waals surface area contributed by atoms with Gasteiger partial charge in [-0.1, -0.05) is 0 Å². The topological polar surface area (TPSA) is 72.3 Å². The van der Waals surface area contributed by atoms with Crippen LogP contribution in [0.3, 0.4) is 0 Å². The maximum atomic E-state index is 10.8. The lowest BCUT2D eigenvalue weighted by Crippen LogP contribution is -2.52. The van der Waals surface area contributed by atoms with Gasteiger partial charge in [0.05, 0.1) is 5.92 Å². The van der Waals surface area contributed by atoms with Gasteiger partial charge in [0.25, 0.3) is 0 Å². The van der Waals surface area contributed by atoms with Gasteiger partial charge in [-0.25, -0.2) is 0 Å². The molecule has 1 heterocycles. The van der Waals surface area contributed by atoms with Crippen LogP contribution in [0.1, 0.15) is 0 Å². The van der Waals surface area contributed by atoms with Crippen molar-refractivity contribution in [3.63, 3.8) is 0 Å². The summed E-state index contributed by atoms with van der Waals surface area (Å²) in [5.41, 5.74) is 10.6. The second-order valence-corrected chi connectivity index (χ2v) is 3.23. The molecule has 0 aromatic carbocycles. The van der Waals surface area contributed by atoms with E-state index in [-0.39, 0.29) is 11.8 Å². The van der Waals surface area contributed by atoms with E-state index in [1.807, 2.05) is 7.05 Å². The van der Waals surface area contributed by atoms with Gasteiger partial charge in [-0.3, -0.25) is 4.79 Å². The quantitative estimate of drug-likeness (QED) is 0.529. The summed E-state index contributed by atoms with van der Waals surface area (Å²) >= 11 is 0. The van der Waals surface area contributed by atoms with E-state index in [2.05, 4.69) is 4.90 Å². The standard InChI is InChI=1S/C7H15N3O/c1-10-3-5(4-10)6(2-8)7(9)11/h5-6H,2-4,8H2,1H3,(H2,9,11). The zero-order chi connectivity index (χ0) is 8.43. The third-order valence-electron chi connectivity index (χ3n) is 2.28. The Labute approximate surface area is 66.5 Å². The van der Waals surface area contributed by atoms with Crippen molar-refractivity contribution in [2.24, 2.45) is 23.3 Å². The molecule has 4 N–H and O–H groups in total. The minimum atomic E-state index is -0.259. The van der Waals surface area contributed by atoms with Gasteiger partial charge in [-0.05, 0) is 13.0 Å². The Bertz CT molecular complexity index is 154. The van der Waals surface area contributed by atoms with E-state index in [0.717, 1.165) is 13.1 Å². The summed E-state index contributed by atoms with van der Waals surface area (Å²) < 4.78 is 0. The van der Waals surface area contributed by atoms with E-state index < -0.39 is 0 Å². The molecule has 0 spiro atoms. The minimum Gasteiger partial charge on any atom is -0.369 e.